The van der Waals surface area contributed by atoms with Crippen LogP contribution in [0.2, 0.25) is 10.0 Å². The van der Waals surface area contributed by atoms with E-state index in [1.54, 1.807) is 24.3 Å². The van der Waals surface area contributed by atoms with Crippen LogP contribution in [0.5, 0.6) is 11.5 Å². The number of hydrogen-bond acceptors (Lipinski definition) is 2. The van der Waals surface area contributed by atoms with Crippen molar-refractivity contribution >= 4 is 23.2 Å². The van der Waals surface area contributed by atoms with Gasteiger partial charge in [0, 0.05) is 12.1 Å². The topological polar surface area (TPSA) is 35.2 Å². The lowest BCUT2D eigenvalue weighted by Gasteiger charge is -2.11. The van der Waals surface area contributed by atoms with Crippen LogP contribution in [-0.4, -0.2) is 6.04 Å². The van der Waals surface area contributed by atoms with Crippen LogP contribution in [0.4, 0.5) is 4.39 Å². The van der Waals surface area contributed by atoms with Crippen molar-refractivity contribution in [3.05, 3.63) is 57.8 Å². The Balaban J connectivity index is 2.15. The number of benzene rings is 2. The van der Waals surface area contributed by atoms with Crippen LogP contribution in [0.3, 0.4) is 0 Å². The Labute approximate surface area is 133 Å². The Kier molecular flexibility index (Phi) is 5.45. The van der Waals surface area contributed by atoms with Gasteiger partial charge in [-0.15, -0.1) is 0 Å². The minimum absolute atomic E-state index is 0.0336. The number of ether oxygens (including phenoxy) is 1. The Bertz CT molecular complexity index is 634. The van der Waals surface area contributed by atoms with E-state index in [0.717, 1.165) is 12.0 Å². The molecule has 0 aliphatic rings. The Morgan fingerprint density at radius 3 is 2.52 bits per heavy atom. The molecular weight excluding hydrogens is 312 g/mol. The van der Waals surface area contributed by atoms with Gasteiger partial charge in [-0.1, -0.05) is 36.2 Å². The molecule has 0 amide bonds. The van der Waals surface area contributed by atoms with Gasteiger partial charge in [-0.25, -0.2) is 4.39 Å². The molecule has 1 unspecified atom stereocenters. The van der Waals surface area contributed by atoms with E-state index in [4.69, 9.17) is 33.7 Å². The van der Waals surface area contributed by atoms with Gasteiger partial charge in [0.05, 0.1) is 10.0 Å². The van der Waals surface area contributed by atoms with E-state index in [9.17, 15) is 4.39 Å². The second kappa shape index (κ2) is 7.12. The summed E-state index contributed by atoms with van der Waals surface area (Å²) >= 11 is 11.7. The van der Waals surface area contributed by atoms with Crippen molar-refractivity contribution < 1.29 is 9.13 Å². The molecule has 0 fully saturated rings. The maximum Gasteiger partial charge on any atom is 0.165 e. The molecule has 0 saturated carbocycles. The second-order valence-corrected chi connectivity index (χ2v) is 5.63. The highest BCUT2D eigenvalue weighted by atomic mass is 35.5. The first-order valence-corrected chi connectivity index (χ1v) is 7.42. The first kappa shape index (κ1) is 16.1. The maximum absolute atomic E-state index is 14.0. The summed E-state index contributed by atoms with van der Waals surface area (Å²) in [7, 11) is 0. The summed E-state index contributed by atoms with van der Waals surface area (Å²) in [6.07, 6.45) is 1.49. The first-order valence-electron chi connectivity index (χ1n) is 6.66. The summed E-state index contributed by atoms with van der Waals surface area (Å²) in [4.78, 5) is 0. The summed E-state index contributed by atoms with van der Waals surface area (Å²) in [5, 5.41) is 0.786. The van der Waals surface area contributed by atoms with Crippen LogP contribution >= 0.6 is 23.2 Å². The van der Waals surface area contributed by atoms with E-state index in [-0.39, 0.29) is 11.8 Å². The van der Waals surface area contributed by atoms with Gasteiger partial charge in [0.2, 0.25) is 0 Å². The van der Waals surface area contributed by atoms with Gasteiger partial charge < -0.3 is 10.5 Å². The summed E-state index contributed by atoms with van der Waals surface area (Å²) < 4.78 is 19.5. The number of rotatable bonds is 5. The van der Waals surface area contributed by atoms with Crippen molar-refractivity contribution in [3.63, 3.8) is 0 Å². The molecular formula is C16H16Cl2FNO. The first-order chi connectivity index (χ1) is 9.99. The lowest BCUT2D eigenvalue weighted by atomic mass is 10.0. The quantitative estimate of drug-likeness (QED) is 0.818. The van der Waals surface area contributed by atoms with Crippen LogP contribution in [0, 0.1) is 5.82 Å². The van der Waals surface area contributed by atoms with Crippen LogP contribution in [0.1, 0.15) is 18.9 Å². The lowest BCUT2D eigenvalue weighted by Crippen LogP contribution is -2.21. The van der Waals surface area contributed by atoms with Crippen molar-refractivity contribution in [2.75, 3.05) is 0 Å². The van der Waals surface area contributed by atoms with Crippen molar-refractivity contribution in [1.29, 1.82) is 0 Å². The fourth-order valence-corrected chi connectivity index (χ4v) is 2.16. The van der Waals surface area contributed by atoms with Gasteiger partial charge in [0.1, 0.15) is 5.75 Å². The average Bonchev–Trinajstić information content (AvgIpc) is 2.45. The molecule has 112 valence electrons. The molecule has 2 aromatic rings. The standard InChI is InChI=1S/C16H16Cl2FNO/c1-2-11(20)7-10-3-6-16(15(19)8-10)21-12-4-5-13(17)14(18)9-12/h3-6,8-9,11H,2,7,20H2,1H3. The van der Waals surface area contributed by atoms with Gasteiger partial charge in [0.25, 0.3) is 0 Å². The fourth-order valence-electron chi connectivity index (χ4n) is 1.87. The van der Waals surface area contributed by atoms with Gasteiger partial charge in [0.15, 0.2) is 11.6 Å². The zero-order valence-corrected chi connectivity index (χ0v) is 13.1. The van der Waals surface area contributed by atoms with Gasteiger partial charge in [-0.05, 0) is 42.7 Å². The molecule has 0 spiro atoms. The highest BCUT2D eigenvalue weighted by Gasteiger charge is 2.09. The largest absolute Gasteiger partial charge is 0.454 e. The molecule has 0 aromatic heterocycles. The summed E-state index contributed by atoms with van der Waals surface area (Å²) in [6.45, 7) is 2.00. The molecule has 2 aromatic carbocycles. The molecule has 0 saturated heterocycles. The molecule has 21 heavy (non-hydrogen) atoms. The van der Waals surface area contributed by atoms with Crippen molar-refractivity contribution in [2.45, 2.75) is 25.8 Å². The molecule has 1 atom stereocenters. The molecule has 5 heteroatoms. The van der Waals surface area contributed by atoms with Crippen LogP contribution in [0.25, 0.3) is 0 Å². The highest BCUT2D eigenvalue weighted by Crippen LogP contribution is 2.30. The van der Waals surface area contributed by atoms with Gasteiger partial charge >= 0.3 is 0 Å². The minimum Gasteiger partial charge on any atom is -0.454 e. The monoisotopic (exact) mass is 327 g/mol. The highest BCUT2D eigenvalue weighted by molar-refractivity contribution is 6.42. The van der Waals surface area contributed by atoms with E-state index in [0.29, 0.717) is 22.2 Å². The smallest absolute Gasteiger partial charge is 0.165 e. The zero-order valence-electron chi connectivity index (χ0n) is 11.6. The van der Waals surface area contributed by atoms with E-state index in [1.165, 1.54) is 6.07 Å². The van der Waals surface area contributed by atoms with Crippen molar-refractivity contribution in [2.24, 2.45) is 5.73 Å². The van der Waals surface area contributed by atoms with Crippen LogP contribution in [0.15, 0.2) is 36.4 Å². The molecule has 2 rings (SSSR count). The minimum atomic E-state index is -0.429. The predicted molar refractivity (Wildman–Crippen MR) is 84.9 cm³/mol. The maximum atomic E-state index is 14.0. The van der Waals surface area contributed by atoms with E-state index < -0.39 is 5.82 Å². The zero-order chi connectivity index (χ0) is 15.4. The summed E-state index contributed by atoms with van der Waals surface area (Å²) in [6, 6.07) is 9.67. The van der Waals surface area contributed by atoms with Crippen LogP contribution < -0.4 is 10.5 Å². The molecule has 2 nitrogen and oxygen atoms in total. The van der Waals surface area contributed by atoms with E-state index >= 15 is 0 Å². The Morgan fingerprint density at radius 2 is 1.90 bits per heavy atom. The third-order valence-corrected chi connectivity index (χ3v) is 3.88. The fraction of sp³-hybridized carbons (Fsp3) is 0.250. The SMILES string of the molecule is CCC(N)Cc1ccc(Oc2ccc(Cl)c(Cl)c2)c(F)c1. The Hall–Kier alpha value is -1.29. The second-order valence-electron chi connectivity index (χ2n) is 4.82. The predicted octanol–water partition coefficient (Wildman–Crippen LogP) is 5.20. The third kappa shape index (κ3) is 4.34. The van der Waals surface area contributed by atoms with Gasteiger partial charge in [-0.2, -0.15) is 0 Å². The molecule has 2 N–H and O–H groups in total. The lowest BCUT2D eigenvalue weighted by molar-refractivity contribution is 0.441. The van der Waals surface area contributed by atoms with Gasteiger partial charge in [-0.3, -0.25) is 0 Å². The molecule has 0 heterocycles. The molecule has 0 radical (unpaired) electrons. The van der Waals surface area contributed by atoms with Crippen molar-refractivity contribution in [3.8, 4) is 11.5 Å². The summed E-state index contributed by atoms with van der Waals surface area (Å²) in [5.41, 5.74) is 6.72. The van der Waals surface area contributed by atoms with Crippen LogP contribution in [-0.2, 0) is 6.42 Å². The van der Waals surface area contributed by atoms with E-state index in [2.05, 4.69) is 0 Å². The third-order valence-electron chi connectivity index (χ3n) is 3.14. The number of hydrogen-bond donors (Lipinski definition) is 1. The average molecular weight is 328 g/mol. The Morgan fingerprint density at radius 1 is 1.14 bits per heavy atom. The molecule has 0 bridgehead atoms. The number of halogens is 3. The van der Waals surface area contributed by atoms with E-state index in [1.807, 2.05) is 13.0 Å². The summed E-state index contributed by atoms with van der Waals surface area (Å²) in [5.74, 6) is 0.144. The normalized spacial score (nSPS) is 12.2. The molecule has 0 aliphatic heterocycles. The van der Waals surface area contributed by atoms with Crippen molar-refractivity contribution in [1.82, 2.24) is 0 Å². The molecule has 0 aliphatic carbocycles. The number of nitrogens with two attached hydrogens (primary N) is 1.